The monoisotopic (exact) mass is 406 g/mol. The number of esters is 1. The summed E-state index contributed by atoms with van der Waals surface area (Å²) in [4.78, 5) is 11.8. The molecule has 0 spiro atoms. The van der Waals surface area contributed by atoms with Crippen molar-refractivity contribution in [2.45, 2.75) is 13.0 Å². The van der Waals surface area contributed by atoms with Crippen molar-refractivity contribution >= 4 is 52.9 Å². The number of allylic oxidation sites excluding steroid dienone is 2. The molecule has 0 aliphatic carbocycles. The minimum atomic E-state index is -0.426. The van der Waals surface area contributed by atoms with Gasteiger partial charge in [0.05, 0.1) is 0 Å². The van der Waals surface area contributed by atoms with Crippen LogP contribution in [-0.2, 0) is 9.53 Å². The molecule has 26 heavy (non-hydrogen) atoms. The van der Waals surface area contributed by atoms with Crippen molar-refractivity contribution in [3.63, 3.8) is 0 Å². The van der Waals surface area contributed by atoms with E-state index in [-0.39, 0.29) is 6.10 Å². The van der Waals surface area contributed by atoms with Crippen LogP contribution in [0.4, 0.5) is 0 Å². The van der Waals surface area contributed by atoms with Crippen molar-refractivity contribution in [2.24, 2.45) is 0 Å². The molecule has 0 aromatic heterocycles. The first kappa shape index (κ1) is 20.3. The van der Waals surface area contributed by atoms with Gasteiger partial charge in [-0.25, -0.2) is 4.79 Å². The predicted molar refractivity (Wildman–Crippen MR) is 111 cm³/mol. The SMILES string of the molecule is CC(/C=C/c1ccc(Cl)cc1)OC(=O)/C=C/C=C/c1ccc(Cl)cc1Cl. The van der Waals surface area contributed by atoms with Gasteiger partial charge in [-0.3, -0.25) is 0 Å². The minimum Gasteiger partial charge on any atom is -0.455 e. The molecule has 0 N–H and O–H groups in total. The number of benzene rings is 2. The molecule has 0 saturated heterocycles. The predicted octanol–water partition coefficient (Wildman–Crippen LogP) is 6.86. The lowest BCUT2D eigenvalue weighted by molar-refractivity contribution is -0.140. The van der Waals surface area contributed by atoms with Gasteiger partial charge >= 0.3 is 5.97 Å². The summed E-state index contributed by atoms with van der Waals surface area (Å²) >= 11 is 17.8. The average molecular weight is 408 g/mol. The topological polar surface area (TPSA) is 26.3 Å². The fourth-order valence-corrected chi connectivity index (χ4v) is 2.61. The van der Waals surface area contributed by atoms with Gasteiger partial charge in [0, 0.05) is 21.1 Å². The summed E-state index contributed by atoms with van der Waals surface area (Å²) in [6.45, 7) is 1.79. The van der Waals surface area contributed by atoms with Crippen LogP contribution < -0.4 is 0 Å². The van der Waals surface area contributed by atoms with E-state index in [9.17, 15) is 4.79 Å². The first-order valence-electron chi connectivity index (χ1n) is 7.88. The number of carbonyl (C=O) groups is 1. The number of hydrogen-bond donors (Lipinski definition) is 0. The Morgan fingerprint density at radius 1 is 0.962 bits per heavy atom. The van der Waals surface area contributed by atoms with E-state index in [0.29, 0.717) is 15.1 Å². The molecule has 0 aliphatic rings. The zero-order valence-electron chi connectivity index (χ0n) is 14.0. The Hall–Kier alpha value is -2.00. The van der Waals surface area contributed by atoms with Gasteiger partial charge in [-0.15, -0.1) is 0 Å². The molecule has 2 aromatic rings. The molecule has 0 heterocycles. The first-order chi connectivity index (χ1) is 12.4. The van der Waals surface area contributed by atoms with Crippen molar-refractivity contribution in [3.8, 4) is 0 Å². The maximum Gasteiger partial charge on any atom is 0.331 e. The molecule has 0 radical (unpaired) electrons. The second-order valence-electron chi connectivity index (χ2n) is 5.44. The lowest BCUT2D eigenvalue weighted by Crippen LogP contribution is -2.09. The fraction of sp³-hybridized carbons (Fsp3) is 0.0952. The highest BCUT2D eigenvalue weighted by molar-refractivity contribution is 6.35. The highest BCUT2D eigenvalue weighted by Crippen LogP contribution is 2.21. The summed E-state index contributed by atoms with van der Waals surface area (Å²) in [6.07, 6.45) is 9.78. The van der Waals surface area contributed by atoms with Crippen molar-refractivity contribution in [3.05, 3.63) is 93.0 Å². The lowest BCUT2D eigenvalue weighted by Gasteiger charge is -2.06. The van der Waals surface area contributed by atoms with Gasteiger partial charge in [-0.05, 0) is 48.4 Å². The molecule has 134 valence electrons. The van der Waals surface area contributed by atoms with E-state index in [0.717, 1.165) is 11.1 Å². The zero-order chi connectivity index (χ0) is 18.9. The second-order valence-corrected chi connectivity index (χ2v) is 6.72. The summed E-state index contributed by atoms with van der Waals surface area (Å²) in [7, 11) is 0. The Morgan fingerprint density at radius 2 is 1.65 bits per heavy atom. The molecular weight excluding hydrogens is 391 g/mol. The van der Waals surface area contributed by atoms with E-state index in [2.05, 4.69) is 0 Å². The van der Waals surface area contributed by atoms with Gasteiger partial charge in [0.1, 0.15) is 6.10 Å². The van der Waals surface area contributed by atoms with Crippen LogP contribution in [0.2, 0.25) is 15.1 Å². The van der Waals surface area contributed by atoms with Crippen LogP contribution in [0.3, 0.4) is 0 Å². The third kappa shape index (κ3) is 7.09. The van der Waals surface area contributed by atoms with Gasteiger partial charge < -0.3 is 4.74 Å². The standard InChI is InChI=1S/C21H17Cl3O2/c1-15(6-7-16-8-11-18(22)12-9-16)26-21(25)5-3-2-4-17-10-13-19(23)14-20(17)24/h2-15H,1H3/b4-2+,5-3+,7-6+. The van der Waals surface area contributed by atoms with Crippen molar-refractivity contribution < 1.29 is 9.53 Å². The first-order valence-corrected chi connectivity index (χ1v) is 9.01. The molecule has 0 saturated carbocycles. The molecule has 1 atom stereocenters. The van der Waals surface area contributed by atoms with Gasteiger partial charge in [0.2, 0.25) is 0 Å². The van der Waals surface area contributed by atoms with Crippen LogP contribution >= 0.6 is 34.8 Å². The average Bonchev–Trinajstić information content (AvgIpc) is 2.59. The normalized spacial score (nSPS) is 12.9. The Balaban J connectivity index is 1.84. The second kappa shape index (κ2) is 10.2. The van der Waals surface area contributed by atoms with Crippen LogP contribution in [0.15, 0.2) is 66.8 Å². The quantitative estimate of drug-likeness (QED) is 0.297. The van der Waals surface area contributed by atoms with Gasteiger partial charge in [0.15, 0.2) is 0 Å². The molecule has 1 unspecified atom stereocenters. The molecule has 0 fully saturated rings. The Labute approximate surface area is 168 Å². The Morgan fingerprint density at radius 3 is 2.35 bits per heavy atom. The summed E-state index contributed by atoms with van der Waals surface area (Å²) in [5, 5.41) is 1.80. The van der Waals surface area contributed by atoms with Crippen molar-refractivity contribution in [1.82, 2.24) is 0 Å². The van der Waals surface area contributed by atoms with E-state index in [4.69, 9.17) is 39.5 Å². The van der Waals surface area contributed by atoms with E-state index in [1.165, 1.54) is 6.08 Å². The highest BCUT2D eigenvalue weighted by Gasteiger charge is 2.02. The lowest BCUT2D eigenvalue weighted by atomic mass is 10.2. The fourth-order valence-electron chi connectivity index (χ4n) is 2.01. The molecule has 5 heteroatoms. The maximum atomic E-state index is 11.8. The van der Waals surface area contributed by atoms with Gasteiger partial charge in [0.25, 0.3) is 0 Å². The zero-order valence-corrected chi connectivity index (χ0v) is 16.3. The molecule has 0 amide bonds. The summed E-state index contributed by atoms with van der Waals surface area (Å²) in [5.41, 5.74) is 1.80. The van der Waals surface area contributed by atoms with Crippen LogP contribution in [0.25, 0.3) is 12.2 Å². The van der Waals surface area contributed by atoms with Gasteiger partial charge in [-0.1, -0.05) is 77.3 Å². The summed E-state index contributed by atoms with van der Waals surface area (Å²) < 4.78 is 5.27. The largest absolute Gasteiger partial charge is 0.455 e. The number of carbonyl (C=O) groups excluding carboxylic acids is 1. The maximum absolute atomic E-state index is 11.8. The third-order valence-electron chi connectivity index (χ3n) is 3.31. The minimum absolute atomic E-state index is 0.350. The molecule has 0 bridgehead atoms. The van der Waals surface area contributed by atoms with E-state index in [1.54, 1.807) is 61.6 Å². The van der Waals surface area contributed by atoms with E-state index < -0.39 is 5.97 Å². The number of hydrogen-bond acceptors (Lipinski definition) is 2. The molecular formula is C21H17Cl3O2. The highest BCUT2D eigenvalue weighted by atomic mass is 35.5. The third-order valence-corrected chi connectivity index (χ3v) is 4.13. The molecule has 2 aromatic carbocycles. The number of rotatable bonds is 6. The molecule has 2 nitrogen and oxygen atoms in total. The van der Waals surface area contributed by atoms with Crippen LogP contribution in [0, 0.1) is 0 Å². The smallest absolute Gasteiger partial charge is 0.331 e. The van der Waals surface area contributed by atoms with Crippen molar-refractivity contribution in [1.29, 1.82) is 0 Å². The summed E-state index contributed by atoms with van der Waals surface area (Å²) in [6, 6.07) is 12.6. The molecule has 2 rings (SSSR count). The summed E-state index contributed by atoms with van der Waals surface area (Å²) in [5.74, 6) is -0.426. The number of halogens is 3. The number of ether oxygens (including phenoxy) is 1. The molecule has 0 aliphatic heterocycles. The van der Waals surface area contributed by atoms with Crippen LogP contribution in [0.5, 0.6) is 0 Å². The van der Waals surface area contributed by atoms with Crippen LogP contribution in [-0.4, -0.2) is 12.1 Å². The van der Waals surface area contributed by atoms with Crippen molar-refractivity contribution in [2.75, 3.05) is 0 Å². The Kier molecular flexibility index (Phi) is 7.99. The van der Waals surface area contributed by atoms with Crippen LogP contribution in [0.1, 0.15) is 18.1 Å². The Bertz CT molecular complexity index is 837. The van der Waals surface area contributed by atoms with E-state index >= 15 is 0 Å². The van der Waals surface area contributed by atoms with Gasteiger partial charge in [-0.2, -0.15) is 0 Å². The van der Waals surface area contributed by atoms with E-state index in [1.807, 2.05) is 18.2 Å².